The fourth-order valence-corrected chi connectivity index (χ4v) is 1.81. The van der Waals surface area contributed by atoms with Gasteiger partial charge in [0.15, 0.2) is 0 Å². The van der Waals surface area contributed by atoms with Crippen molar-refractivity contribution < 1.29 is 9.18 Å². The lowest BCUT2D eigenvalue weighted by Gasteiger charge is -2.09. The number of rotatable bonds is 0. The first-order chi connectivity index (χ1) is 7.08. The van der Waals surface area contributed by atoms with Crippen molar-refractivity contribution in [3.05, 3.63) is 29.1 Å². The van der Waals surface area contributed by atoms with Crippen LogP contribution in [0.15, 0.2) is 12.1 Å². The monoisotopic (exact) mass is 208 g/mol. The summed E-state index contributed by atoms with van der Waals surface area (Å²) in [6.07, 6.45) is 1.19. The molecule has 0 fully saturated rings. The van der Waals surface area contributed by atoms with Crippen molar-refractivity contribution in [2.75, 3.05) is 5.32 Å². The first-order valence-electron chi connectivity index (χ1n) is 4.93. The van der Waals surface area contributed by atoms with Crippen molar-refractivity contribution in [1.82, 2.24) is 0 Å². The third-order valence-electron chi connectivity index (χ3n) is 2.63. The Labute approximate surface area is 87.5 Å². The van der Waals surface area contributed by atoms with Crippen LogP contribution in [0.4, 0.5) is 10.1 Å². The van der Waals surface area contributed by atoms with Gasteiger partial charge in [-0.25, -0.2) is 4.39 Å². The molecule has 1 aliphatic heterocycles. The van der Waals surface area contributed by atoms with Crippen LogP contribution in [0, 0.1) is 12.7 Å². The summed E-state index contributed by atoms with van der Waals surface area (Å²) in [7, 11) is 0. The highest BCUT2D eigenvalue weighted by atomic mass is 19.1. The number of fused-ring (bicyclic) bond motifs is 1. The van der Waals surface area contributed by atoms with Gasteiger partial charge in [-0.05, 0) is 37.0 Å². The molecule has 4 heteroatoms. The van der Waals surface area contributed by atoms with Gasteiger partial charge in [0.2, 0.25) is 5.91 Å². The minimum absolute atomic E-state index is 0.290. The van der Waals surface area contributed by atoms with Gasteiger partial charge in [-0.1, -0.05) is 6.07 Å². The molecule has 0 aromatic heterocycles. The zero-order valence-corrected chi connectivity index (χ0v) is 8.51. The summed E-state index contributed by atoms with van der Waals surface area (Å²) in [6.45, 7) is 1.83. The van der Waals surface area contributed by atoms with Gasteiger partial charge in [-0.15, -0.1) is 0 Å². The standard InChI is InChI=1S/C11H13FN2O/c1-6-4-7-2-3-9(13)11(15)14-10(7)8(12)5-6/h4-5,9H,2-3,13H2,1H3,(H,14,15)/t9-/m0/s1. The zero-order valence-electron chi connectivity index (χ0n) is 8.51. The Hall–Kier alpha value is -1.42. The number of hydrogen-bond donors (Lipinski definition) is 2. The Kier molecular flexibility index (Phi) is 2.44. The van der Waals surface area contributed by atoms with E-state index in [0.29, 0.717) is 18.5 Å². The van der Waals surface area contributed by atoms with Crippen LogP contribution >= 0.6 is 0 Å². The molecule has 3 nitrogen and oxygen atoms in total. The van der Waals surface area contributed by atoms with Crippen molar-refractivity contribution in [3.8, 4) is 0 Å². The van der Waals surface area contributed by atoms with E-state index in [1.807, 2.05) is 13.0 Å². The van der Waals surface area contributed by atoms with Gasteiger partial charge in [-0.2, -0.15) is 0 Å². The molecular formula is C11H13FN2O. The molecule has 2 rings (SSSR count). The Morgan fingerprint density at radius 2 is 2.27 bits per heavy atom. The van der Waals surface area contributed by atoms with Crippen molar-refractivity contribution in [2.45, 2.75) is 25.8 Å². The second-order valence-electron chi connectivity index (χ2n) is 3.92. The highest BCUT2D eigenvalue weighted by Gasteiger charge is 2.22. The number of carbonyl (C=O) groups excluding carboxylic acids is 1. The van der Waals surface area contributed by atoms with Crippen molar-refractivity contribution in [2.24, 2.45) is 5.73 Å². The summed E-state index contributed by atoms with van der Waals surface area (Å²) >= 11 is 0. The van der Waals surface area contributed by atoms with Gasteiger partial charge < -0.3 is 11.1 Å². The Morgan fingerprint density at radius 1 is 1.53 bits per heavy atom. The van der Waals surface area contributed by atoms with Crippen LogP contribution in [0.25, 0.3) is 0 Å². The van der Waals surface area contributed by atoms with Crippen LogP contribution in [0.2, 0.25) is 0 Å². The largest absolute Gasteiger partial charge is 0.322 e. The van der Waals surface area contributed by atoms with Crippen LogP contribution in [-0.2, 0) is 11.2 Å². The average molecular weight is 208 g/mol. The summed E-state index contributed by atoms with van der Waals surface area (Å²) in [5.41, 5.74) is 7.59. The minimum atomic E-state index is -0.544. The van der Waals surface area contributed by atoms with Crippen molar-refractivity contribution in [1.29, 1.82) is 0 Å². The molecule has 1 atom stereocenters. The van der Waals surface area contributed by atoms with Gasteiger partial charge in [0.25, 0.3) is 0 Å². The lowest BCUT2D eigenvalue weighted by molar-refractivity contribution is -0.117. The molecule has 1 heterocycles. The topological polar surface area (TPSA) is 55.1 Å². The molecule has 0 radical (unpaired) electrons. The zero-order chi connectivity index (χ0) is 11.0. The van der Waals surface area contributed by atoms with Gasteiger partial charge in [0, 0.05) is 0 Å². The predicted molar refractivity (Wildman–Crippen MR) is 56.1 cm³/mol. The number of carbonyl (C=O) groups is 1. The predicted octanol–water partition coefficient (Wildman–Crippen LogP) is 1.35. The number of benzene rings is 1. The number of aryl methyl sites for hydroxylation is 2. The second kappa shape index (κ2) is 3.62. The number of nitrogens with one attached hydrogen (secondary N) is 1. The maximum absolute atomic E-state index is 13.6. The Morgan fingerprint density at radius 3 is 3.00 bits per heavy atom. The third kappa shape index (κ3) is 1.85. The number of amides is 1. The fourth-order valence-electron chi connectivity index (χ4n) is 1.81. The van der Waals surface area contributed by atoms with Crippen LogP contribution in [0.1, 0.15) is 17.5 Å². The van der Waals surface area contributed by atoms with Crippen molar-refractivity contribution in [3.63, 3.8) is 0 Å². The van der Waals surface area contributed by atoms with Crippen LogP contribution < -0.4 is 11.1 Å². The molecule has 0 spiro atoms. The van der Waals surface area contributed by atoms with E-state index in [-0.39, 0.29) is 11.7 Å². The lowest BCUT2D eigenvalue weighted by Crippen LogP contribution is -2.34. The first-order valence-corrected chi connectivity index (χ1v) is 4.93. The van der Waals surface area contributed by atoms with Crippen LogP contribution in [-0.4, -0.2) is 11.9 Å². The van der Waals surface area contributed by atoms with Gasteiger partial charge in [-0.3, -0.25) is 4.79 Å². The minimum Gasteiger partial charge on any atom is -0.322 e. The van der Waals surface area contributed by atoms with E-state index in [4.69, 9.17) is 5.73 Å². The summed E-state index contributed by atoms with van der Waals surface area (Å²) in [5, 5.41) is 2.53. The second-order valence-corrected chi connectivity index (χ2v) is 3.92. The lowest BCUT2D eigenvalue weighted by atomic mass is 10.0. The Balaban J connectivity index is 2.47. The highest BCUT2D eigenvalue weighted by molar-refractivity contribution is 5.96. The van der Waals surface area contributed by atoms with Gasteiger partial charge >= 0.3 is 0 Å². The maximum Gasteiger partial charge on any atom is 0.241 e. The number of halogens is 1. The van der Waals surface area contributed by atoms with E-state index >= 15 is 0 Å². The molecule has 1 aromatic rings. The van der Waals surface area contributed by atoms with E-state index < -0.39 is 6.04 Å². The summed E-state index contributed by atoms with van der Waals surface area (Å²) < 4.78 is 13.6. The van der Waals surface area contributed by atoms with Crippen molar-refractivity contribution >= 4 is 11.6 Å². The van der Waals surface area contributed by atoms with E-state index in [0.717, 1.165) is 11.1 Å². The average Bonchev–Trinajstić information content (AvgIpc) is 2.30. The first kappa shape index (κ1) is 10.1. The number of nitrogens with two attached hydrogens (primary N) is 1. The molecule has 0 saturated heterocycles. The maximum atomic E-state index is 13.6. The number of hydrogen-bond acceptors (Lipinski definition) is 2. The molecule has 15 heavy (non-hydrogen) atoms. The molecule has 3 N–H and O–H groups in total. The molecule has 1 amide bonds. The van der Waals surface area contributed by atoms with Crippen LogP contribution in [0.3, 0.4) is 0 Å². The highest BCUT2D eigenvalue weighted by Crippen LogP contribution is 2.26. The molecule has 0 aliphatic carbocycles. The van der Waals surface area contributed by atoms with Gasteiger partial charge in [0.05, 0.1) is 11.7 Å². The van der Waals surface area contributed by atoms with E-state index in [9.17, 15) is 9.18 Å². The SMILES string of the molecule is Cc1cc(F)c2c(c1)CC[C@H](N)C(=O)N2. The smallest absolute Gasteiger partial charge is 0.241 e. The molecular weight excluding hydrogens is 195 g/mol. The molecule has 0 bridgehead atoms. The van der Waals surface area contributed by atoms with E-state index in [1.165, 1.54) is 6.07 Å². The van der Waals surface area contributed by atoms with E-state index in [1.54, 1.807) is 0 Å². The third-order valence-corrected chi connectivity index (χ3v) is 2.63. The normalized spacial score (nSPS) is 20.5. The summed E-state index contributed by atoms with van der Waals surface area (Å²) in [4.78, 5) is 11.4. The van der Waals surface area contributed by atoms with E-state index in [2.05, 4.69) is 5.32 Å². The summed E-state index contributed by atoms with van der Waals surface area (Å²) in [6, 6.07) is 2.75. The molecule has 0 unspecified atom stereocenters. The molecule has 0 saturated carbocycles. The Bertz CT molecular complexity index is 417. The molecule has 1 aliphatic rings. The number of anilines is 1. The molecule has 1 aromatic carbocycles. The quantitative estimate of drug-likeness (QED) is 0.676. The molecule has 80 valence electrons. The van der Waals surface area contributed by atoms with Crippen LogP contribution in [0.5, 0.6) is 0 Å². The van der Waals surface area contributed by atoms with Gasteiger partial charge in [0.1, 0.15) is 5.82 Å². The summed E-state index contributed by atoms with van der Waals surface area (Å²) in [5.74, 6) is -0.691. The fraction of sp³-hybridized carbons (Fsp3) is 0.364.